The molecule has 7 heteroatoms. The summed E-state index contributed by atoms with van der Waals surface area (Å²) in [4.78, 5) is 24.9. The second-order valence-electron chi connectivity index (χ2n) is 6.51. The molecule has 144 valence electrons. The first kappa shape index (κ1) is 18.4. The molecule has 0 amide bonds. The van der Waals surface area contributed by atoms with E-state index in [1.54, 1.807) is 12.1 Å². The Hall–Kier alpha value is -4.00. The van der Waals surface area contributed by atoms with E-state index in [2.05, 4.69) is 20.3 Å². The lowest BCUT2D eigenvalue weighted by atomic mass is 10.1. The van der Waals surface area contributed by atoms with Crippen LogP contribution in [0.15, 0.2) is 66.7 Å². The maximum absolute atomic E-state index is 12.4. The van der Waals surface area contributed by atoms with Gasteiger partial charge in [-0.3, -0.25) is 0 Å². The van der Waals surface area contributed by atoms with Gasteiger partial charge in [-0.15, -0.1) is 0 Å². The zero-order chi connectivity index (χ0) is 20.2. The first-order chi connectivity index (χ1) is 14.1. The lowest BCUT2D eigenvalue weighted by Crippen LogP contribution is -2.11. The SMILES string of the molecule is Cc1ccccc1Nc1nc(N)nc(COC(=O)c2ccc3ccccc3c2)n1. The largest absolute Gasteiger partial charge is 0.454 e. The van der Waals surface area contributed by atoms with E-state index in [1.807, 2.05) is 61.5 Å². The fraction of sp³-hybridized carbons (Fsp3) is 0.0909. The highest BCUT2D eigenvalue weighted by molar-refractivity contribution is 5.95. The van der Waals surface area contributed by atoms with Crippen LogP contribution in [0.5, 0.6) is 0 Å². The second-order valence-corrected chi connectivity index (χ2v) is 6.51. The smallest absolute Gasteiger partial charge is 0.338 e. The van der Waals surface area contributed by atoms with Crippen LogP contribution in [0, 0.1) is 6.92 Å². The summed E-state index contributed by atoms with van der Waals surface area (Å²) in [5.41, 5.74) is 8.15. The molecule has 0 fully saturated rings. The number of rotatable bonds is 5. The minimum atomic E-state index is -0.455. The maximum Gasteiger partial charge on any atom is 0.338 e. The van der Waals surface area contributed by atoms with Gasteiger partial charge in [0.25, 0.3) is 0 Å². The molecule has 0 radical (unpaired) electrons. The van der Waals surface area contributed by atoms with E-state index in [0.717, 1.165) is 22.0 Å². The summed E-state index contributed by atoms with van der Waals surface area (Å²) in [6, 6.07) is 21.0. The third-order valence-electron chi connectivity index (χ3n) is 4.41. The van der Waals surface area contributed by atoms with Crippen molar-refractivity contribution in [3.8, 4) is 0 Å². The fourth-order valence-electron chi connectivity index (χ4n) is 2.92. The Bertz CT molecular complexity index is 1190. The summed E-state index contributed by atoms with van der Waals surface area (Å²) < 4.78 is 5.37. The Morgan fingerprint density at radius 3 is 2.55 bits per heavy atom. The van der Waals surface area contributed by atoms with Crippen molar-refractivity contribution in [1.82, 2.24) is 15.0 Å². The summed E-state index contributed by atoms with van der Waals surface area (Å²) in [5.74, 6) is 0.155. The zero-order valence-corrected chi connectivity index (χ0v) is 15.8. The quantitative estimate of drug-likeness (QED) is 0.500. The first-order valence-electron chi connectivity index (χ1n) is 9.07. The number of carbonyl (C=O) groups excluding carboxylic acids is 1. The average Bonchev–Trinajstić information content (AvgIpc) is 2.73. The number of nitrogens with two attached hydrogens (primary N) is 1. The lowest BCUT2D eigenvalue weighted by molar-refractivity contribution is 0.0462. The van der Waals surface area contributed by atoms with Crippen molar-refractivity contribution < 1.29 is 9.53 Å². The average molecular weight is 385 g/mol. The minimum Gasteiger partial charge on any atom is -0.454 e. The Kier molecular flexibility index (Phi) is 5.03. The van der Waals surface area contributed by atoms with E-state index in [-0.39, 0.29) is 18.4 Å². The molecule has 4 rings (SSSR count). The van der Waals surface area contributed by atoms with E-state index < -0.39 is 5.97 Å². The molecule has 0 saturated carbocycles. The molecule has 0 aliphatic carbocycles. The van der Waals surface area contributed by atoms with Gasteiger partial charge in [-0.25, -0.2) is 4.79 Å². The van der Waals surface area contributed by atoms with Crippen molar-refractivity contribution in [1.29, 1.82) is 0 Å². The molecule has 0 unspecified atom stereocenters. The number of aromatic nitrogens is 3. The molecule has 0 spiro atoms. The summed E-state index contributed by atoms with van der Waals surface area (Å²) >= 11 is 0. The van der Waals surface area contributed by atoms with Crippen LogP contribution in [0.25, 0.3) is 10.8 Å². The fourth-order valence-corrected chi connectivity index (χ4v) is 2.92. The van der Waals surface area contributed by atoms with E-state index in [4.69, 9.17) is 10.5 Å². The molecule has 1 heterocycles. The number of para-hydroxylation sites is 1. The summed E-state index contributed by atoms with van der Waals surface area (Å²) in [6.45, 7) is 1.86. The molecule has 7 nitrogen and oxygen atoms in total. The number of fused-ring (bicyclic) bond motifs is 1. The molecule has 0 aliphatic rings. The number of hydrogen-bond acceptors (Lipinski definition) is 7. The highest BCUT2D eigenvalue weighted by atomic mass is 16.5. The molecule has 0 atom stereocenters. The van der Waals surface area contributed by atoms with Crippen molar-refractivity contribution in [3.05, 3.63) is 83.7 Å². The Morgan fingerprint density at radius 2 is 1.72 bits per heavy atom. The first-order valence-corrected chi connectivity index (χ1v) is 9.07. The Labute approximate surface area is 167 Å². The number of nitrogens with one attached hydrogen (secondary N) is 1. The molecule has 3 N–H and O–H groups in total. The van der Waals surface area contributed by atoms with Crippen molar-refractivity contribution >= 4 is 34.3 Å². The van der Waals surface area contributed by atoms with Gasteiger partial charge in [0.2, 0.25) is 11.9 Å². The van der Waals surface area contributed by atoms with E-state index in [1.165, 1.54) is 0 Å². The third-order valence-corrected chi connectivity index (χ3v) is 4.41. The third kappa shape index (κ3) is 4.30. The van der Waals surface area contributed by atoms with Crippen LogP contribution in [0.3, 0.4) is 0 Å². The molecule has 3 aromatic carbocycles. The number of benzene rings is 3. The van der Waals surface area contributed by atoms with Crippen LogP contribution in [0.2, 0.25) is 0 Å². The molecule has 29 heavy (non-hydrogen) atoms. The normalized spacial score (nSPS) is 10.7. The van der Waals surface area contributed by atoms with Crippen LogP contribution < -0.4 is 11.1 Å². The molecule has 1 aromatic heterocycles. The number of esters is 1. The highest BCUT2D eigenvalue weighted by Crippen LogP contribution is 2.19. The van der Waals surface area contributed by atoms with Crippen molar-refractivity contribution in [3.63, 3.8) is 0 Å². The summed E-state index contributed by atoms with van der Waals surface area (Å²) in [7, 11) is 0. The van der Waals surface area contributed by atoms with Crippen LogP contribution in [0.4, 0.5) is 17.6 Å². The van der Waals surface area contributed by atoms with Crippen LogP contribution >= 0.6 is 0 Å². The lowest BCUT2D eigenvalue weighted by Gasteiger charge is -2.10. The minimum absolute atomic E-state index is 0.0489. The van der Waals surface area contributed by atoms with Crippen molar-refractivity contribution in [2.75, 3.05) is 11.1 Å². The summed E-state index contributed by atoms with van der Waals surface area (Å²) in [6.07, 6.45) is 0. The Morgan fingerprint density at radius 1 is 0.966 bits per heavy atom. The zero-order valence-electron chi connectivity index (χ0n) is 15.8. The number of nitrogen functional groups attached to an aromatic ring is 1. The maximum atomic E-state index is 12.4. The van der Waals surface area contributed by atoms with E-state index in [0.29, 0.717) is 11.5 Å². The van der Waals surface area contributed by atoms with Crippen LogP contribution in [-0.2, 0) is 11.3 Å². The summed E-state index contributed by atoms with van der Waals surface area (Å²) in [5, 5.41) is 5.14. The number of anilines is 3. The van der Waals surface area contributed by atoms with Gasteiger partial charge < -0.3 is 15.8 Å². The van der Waals surface area contributed by atoms with Gasteiger partial charge in [0, 0.05) is 5.69 Å². The number of aryl methyl sites for hydroxylation is 1. The molecular weight excluding hydrogens is 366 g/mol. The molecular formula is C22H19N5O2. The molecule has 0 aliphatic heterocycles. The van der Waals surface area contributed by atoms with Gasteiger partial charge in [-0.05, 0) is 41.5 Å². The van der Waals surface area contributed by atoms with Gasteiger partial charge in [-0.1, -0.05) is 48.5 Å². The van der Waals surface area contributed by atoms with Gasteiger partial charge in [0.05, 0.1) is 5.56 Å². The number of nitrogens with zero attached hydrogens (tertiary/aromatic N) is 3. The van der Waals surface area contributed by atoms with Gasteiger partial charge in [0.15, 0.2) is 12.4 Å². The monoisotopic (exact) mass is 385 g/mol. The molecule has 4 aromatic rings. The standard InChI is InChI=1S/C22H19N5O2/c1-14-6-2-5-9-18(14)24-22-26-19(25-21(23)27-22)13-29-20(28)17-11-10-15-7-3-4-8-16(15)12-17/h2-12H,13H2,1H3,(H3,23,24,25,26,27). The van der Waals surface area contributed by atoms with Gasteiger partial charge >= 0.3 is 5.97 Å². The second kappa shape index (κ2) is 7.93. The molecule has 0 bridgehead atoms. The number of ether oxygens (including phenoxy) is 1. The predicted molar refractivity (Wildman–Crippen MR) is 112 cm³/mol. The topological polar surface area (TPSA) is 103 Å². The van der Waals surface area contributed by atoms with Crippen molar-refractivity contribution in [2.45, 2.75) is 13.5 Å². The van der Waals surface area contributed by atoms with Gasteiger partial charge in [-0.2, -0.15) is 15.0 Å². The van der Waals surface area contributed by atoms with Gasteiger partial charge in [0.1, 0.15) is 0 Å². The van der Waals surface area contributed by atoms with E-state index in [9.17, 15) is 4.79 Å². The number of carbonyl (C=O) groups is 1. The van der Waals surface area contributed by atoms with E-state index >= 15 is 0 Å². The van der Waals surface area contributed by atoms with Crippen LogP contribution in [0.1, 0.15) is 21.7 Å². The van der Waals surface area contributed by atoms with Crippen molar-refractivity contribution in [2.24, 2.45) is 0 Å². The Balaban J connectivity index is 1.48. The number of hydrogen-bond donors (Lipinski definition) is 2. The molecule has 0 saturated heterocycles. The van der Waals surface area contributed by atoms with Crippen LogP contribution in [-0.4, -0.2) is 20.9 Å². The highest BCUT2D eigenvalue weighted by Gasteiger charge is 2.11. The predicted octanol–water partition coefficient (Wildman–Crippen LogP) is 4.02.